The van der Waals surface area contributed by atoms with Gasteiger partial charge in [0.1, 0.15) is 4.90 Å². The molecule has 2 aromatic carbocycles. The van der Waals surface area contributed by atoms with Gasteiger partial charge in [0.05, 0.1) is 63.2 Å². The molecule has 2 aromatic heterocycles. The highest BCUT2D eigenvalue weighted by molar-refractivity contribution is 7.95. The van der Waals surface area contributed by atoms with E-state index in [0.29, 0.717) is 40.2 Å². The van der Waals surface area contributed by atoms with E-state index in [4.69, 9.17) is 34.8 Å². The van der Waals surface area contributed by atoms with E-state index in [-0.39, 0.29) is 112 Å². The minimum Gasteiger partial charge on any atom is -0.394 e. The summed E-state index contributed by atoms with van der Waals surface area (Å²) < 4.78 is 86.5. The highest BCUT2D eigenvalue weighted by Crippen LogP contribution is 2.31. The third-order valence-corrected chi connectivity index (χ3v) is 10.0. The molecule has 4 aromatic rings. The molecule has 28 nitrogen and oxygen atoms in total. The molecule has 0 atom stereocenters. The minimum atomic E-state index is -4.84. The molecular weight excluding hydrogens is 937 g/mol. The lowest BCUT2D eigenvalue weighted by Crippen LogP contribution is -2.18. The van der Waals surface area contributed by atoms with Crippen molar-refractivity contribution >= 4 is 110 Å². The van der Waals surface area contributed by atoms with E-state index in [1.54, 1.807) is 12.1 Å². The van der Waals surface area contributed by atoms with Crippen molar-refractivity contribution in [2.24, 2.45) is 4.99 Å². The fourth-order valence-electron chi connectivity index (χ4n) is 4.73. The second-order valence-electron chi connectivity index (χ2n) is 11.9. The van der Waals surface area contributed by atoms with Gasteiger partial charge in [0, 0.05) is 54.2 Å². The average molecular weight is 979 g/mol. The summed E-state index contributed by atoms with van der Waals surface area (Å²) in [5.74, 6) is -0.626. The molecule has 32 heteroatoms. The number of hydrogen-bond donors (Lipinski definition) is 11. The molecular formula is C32H42N12O16S4. The van der Waals surface area contributed by atoms with Crippen LogP contribution >= 0.6 is 24.1 Å². The van der Waals surface area contributed by atoms with Gasteiger partial charge in [0.15, 0.2) is 0 Å². The number of nitrogens with zero attached hydrogens (tertiary/aromatic N) is 7. The molecule has 0 saturated carbocycles. The van der Waals surface area contributed by atoms with E-state index < -0.39 is 30.9 Å². The molecule has 0 amide bonds. The summed E-state index contributed by atoms with van der Waals surface area (Å²) in [5.41, 5.74) is 0.936. The Labute approximate surface area is 372 Å². The molecule has 0 aliphatic rings. The van der Waals surface area contributed by atoms with Crippen molar-refractivity contribution in [3.8, 4) is 0 Å². The summed E-state index contributed by atoms with van der Waals surface area (Å²) >= 11 is 1.29. The van der Waals surface area contributed by atoms with Crippen LogP contribution in [-0.4, -0.2) is 154 Å². The molecule has 0 aliphatic carbocycles. The number of aliphatic imine (C=N–C) groups is 1. The molecule has 0 spiro atoms. The Morgan fingerprint density at radius 1 is 0.656 bits per heavy atom. The first-order valence-corrected chi connectivity index (χ1v) is 22.8. The fraction of sp³-hybridized carbons (Fsp3) is 0.344. The molecule has 64 heavy (non-hydrogen) atoms. The number of anilines is 7. The Morgan fingerprint density at radius 3 is 1.78 bits per heavy atom. The number of aliphatic hydroxyl groups excluding tert-OH is 2. The van der Waals surface area contributed by atoms with Crippen molar-refractivity contribution < 1.29 is 74.9 Å². The summed E-state index contributed by atoms with van der Waals surface area (Å²) in [4.78, 5) is 29.3. The first-order chi connectivity index (χ1) is 30.8. The van der Waals surface area contributed by atoms with Crippen molar-refractivity contribution in [1.29, 1.82) is 0 Å². The maximum Gasteiger partial charge on any atom is 0.295 e. The van der Waals surface area contributed by atoms with E-state index in [9.17, 15) is 21.4 Å². The van der Waals surface area contributed by atoms with Crippen LogP contribution in [0.25, 0.3) is 12.2 Å². The maximum atomic E-state index is 12.6. The molecule has 4 rings (SSSR count). The zero-order valence-corrected chi connectivity index (χ0v) is 36.3. The van der Waals surface area contributed by atoms with Crippen LogP contribution in [0.2, 0.25) is 0 Å². The Hall–Kier alpha value is -5.01. The van der Waals surface area contributed by atoms with Gasteiger partial charge in [0.25, 0.3) is 26.2 Å². The van der Waals surface area contributed by atoms with E-state index in [0.717, 1.165) is 6.07 Å². The van der Waals surface area contributed by atoms with Gasteiger partial charge < -0.3 is 46.3 Å². The van der Waals surface area contributed by atoms with Gasteiger partial charge in [-0.3, -0.25) is 9.11 Å². The average Bonchev–Trinajstić information content (AvgIpc) is 3.24. The summed E-state index contributed by atoms with van der Waals surface area (Å²) in [6.07, 6.45) is 4.22. The first kappa shape index (κ1) is 51.6. The van der Waals surface area contributed by atoms with Gasteiger partial charge >= 0.3 is 0 Å². The fourth-order valence-corrected chi connectivity index (χ4v) is 6.54. The Balaban J connectivity index is 1.59. The number of hydrogen-bond acceptors (Lipinski definition) is 28. The minimum absolute atomic E-state index is 0.0235. The predicted molar refractivity (Wildman–Crippen MR) is 232 cm³/mol. The number of rotatable bonds is 31. The van der Waals surface area contributed by atoms with Gasteiger partial charge in [-0.15, -0.1) is 8.67 Å². The largest absolute Gasteiger partial charge is 0.394 e. The molecule has 0 radical (unpaired) electrons. The quantitative estimate of drug-likeness (QED) is 0.00655. The number of aromatic nitrogens is 6. The SMILES string of the molecule is O=S(=O)(O)CCNc1nc(NCCOCCO)nc(Nc2ccc(C=Cc3ccc(Nc4nc(/N=C\CSOOO)nc(NCCOCCO)n4)cc3S(=O)(=O)O)c(SOOO)c2)n1. The normalized spacial score (nSPS) is 12.0. The van der Waals surface area contributed by atoms with Crippen LogP contribution in [0.1, 0.15) is 11.1 Å². The van der Waals surface area contributed by atoms with Gasteiger partial charge in [-0.25, -0.2) is 15.5 Å². The zero-order valence-electron chi connectivity index (χ0n) is 33.0. The molecule has 0 saturated heterocycles. The smallest absolute Gasteiger partial charge is 0.295 e. The van der Waals surface area contributed by atoms with Crippen LogP contribution in [0, 0.1) is 0 Å². The number of ether oxygens (including phenoxy) is 2. The molecule has 0 bridgehead atoms. The van der Waals surface area contributed by atoms with Crippen molar-refractivity contribution in [3.63, 3.8) is 0 Å². The third-order valence-electron chi connectivity index (χ3n) is 7.27. The van der Waals surface area contributed by atoms with Gasteiger partial charge in [-0.05, 0) is 35.4 Å². The topological polar surface area (TPSA) is 395 Å². The molecule has 11 N–H and O–H groups in total. The van der Waals surface area contributed by atoms with Gasteiger partial charge in [0.2, 0.25) is 29.7 Å². The standard InChI is InChI=1S/C32H42N12O16S4/c45-11-15-55-13-7-33-27-39-29(35-9-17-61-59-57-47)43-32(42-27)38-24-6-4-22(26(20-24)64(52,53)54)2-1-21-3-5-23(19-25(21)62-60-58-48)37-31-41-28(34-8-14-56-16-12-46)40-30(44-31)36-10-18-63(49,50)51/h1-6,9,19-20,45-48H,7-8,10-18H2,(H,49,50,51)(H,52,53,54)(H2,33,38,39,42,43)(H3,34,36,37,40,41,44)/b2-1?,35-9-. The van der Waals surface area contributed by atoms with Crippen LogP contribution in [0.3, 0.4) is 0 Å². The lowest BCUT2D eigenvalue weighted by molar-refractivity contribution is -0.432. The van der Waals surface area contributed by atoms with E-state index >= 15 is 0 Å². The highest BCUT2D eigenvalue weighted by atomic mass is 32.2. The predicted octanol–water partition coefficient (Wildman–Crippen LogP) is 2.30. The highest BCUT2D eigenvalue weighted by Gasteiger charge is 2.17. The van der Waals surface area contributed by atoms with Crippen LogP contribution in [-0.2, 0) is 48.5 Å². The van der Waals surface area contributed by atoms with Gasteiger partial charge in [-0.2, -0.15) is 46.7 Å². The van der Waals surface area contributed by atoms with E-state index in [2.05, 4.69) is 80.2 Å². The van der Waals surface area contributed by atoms with Crippen LogP contribution in [0.15, 0.2) is 51.2 Å². The second kappa shape index (κ2) is 27.3. The second-order valence-corrected chi connectivity index (χ2v) is 16.3. The third kappa shape index (κ3) is 19.4. The molecule has 0 fully saturated rings. The van der Waals surface area contributed by atoms with Crippen molar-refractivity contribution in [2.75, 3.05) is 97.4 Å². The monoisotopic (exact) mass is 978 g/mol. The number of benzene rings is 2. The zero-order chi connectivity index (χ0) is 46.2. The van der Waals surface area contributed by atoms with E-state index in [1.165, 1.54) is 36.6 Å². The first-order valence-electron chi connectivity index (χ1n) is 18.1. The lowest BCUT2D eigenvalue weighted by atomic mass is 10.1. The summed E-state index contributed by atoms with van der Waals surface area (Å²) in [6, 6.07) is 8.70. The van der Waals surface area contributed by atoms with Crippen LogP contribution in [0.5, 0.6) is 0 Å². The lowest BCUT2D eigenvalue weighted by Gasteiger charge is -2.13. The maximum absolute atomic E-state index is 12.6. The summed E-state index contributed by atoms with van der Waals surface area (Å²) in [6.45, 7) is 0.536. The molecule has 2 heterocycles. The molecule has 0 unspecified atom stereocenters. The van der Waals surface area contributed by atoms with Crippen molar-refractivity contribution in [1.82, 2.24) is 29.9 Å². The number of aliphatic hydroxyl groups is 2. The summed E-state index contributed by atoms with van der Waals surface area (Å²) in [7, 11) is -9.13. The molecule has 350 valence electrons. The Bertz CT molecular complexity index is 2370. The Kier molecular flexibility index (Phi) is 22.1. The number of nitrogens with one attached hydrogen (secondary N) is 5. The van der Waals surface area contributed by atoms with Crippen LogP contribution in [0.4, 0.5) is 47.1 Å². The van der Waals surface area contributed by atoms with Gasteiger partial charge in [-0.1, -0.05) is 34.4 Å². The van der Waals surface area contributed by atoms with E-state index in [1.807, 2.05) is 0 Å². The molecule has 0 aliphatic heterocycles. The van der Waals surface area contributed by atoms with Crippen molar-refractivity contribution in [3.05, 3.63) is 47.5 Å². The summed E-state index contributed by atoms with van der Waals surface area (Å²) in [5, 5.41) is 56.7. The Morgan fingerprint density at radius 2 is 1.19 bits per heavy atom. The van der Waals surface area contributed by atoms with Crippen molar-refractivity contribution in [2.45, 2.75) is 9.79 Å². The van der Waals surface area contributed by atoms with Crippen LogP contribution < -0.4 is 26.6 Å².